The quantitative estimate of drug-likeness (QED) is 0.882. The molecule has 2 aromatic heterocycles. The number of imidazole rings is 1. The van der Waals surface area contributed by atoms with Crippen molar-refractivity contribution in [1.82, 2.24) is 14.7 Å². The maximum absolute atomic E-state index is 12.6. The Kier molecular flexibility index (Phi) is 4.34. The molecule has 0 spiro atoms. The van der Waals surface area contributed by atoms with Crippen LogP contribution in [0.3, 0.4) is 0 Å². The first kappa shape index (κ1) is 15.8. The molecule has 22 heavy (non-hydrogen) atoms. The lowest BCUT2D eigenvalue weighted by atomic mass is 10.3. The Morgan fingerprint density at radius 2 is 1.95 bits per heavy atom. The monoisotopic (exact) mass is 315 g/mol. The van der Waals surface area contributed by atoms with E-state index in [0.717, 1.165) is 12.3 Å². The Morgan fingerprint density at radius 1 is 1.23 bits per heavy atom. The highest BCUT2D eigenvalue weighted by molar-refractivity contribution is 5.80. The minimum atomic E-state index is -4.44. The van der Waals surface area contributed by atoms with Crippen LogP contribution in [0, 0.1) is 0 Å². The van der Waals surface area contributed by atoms with Crippen LogP contribution < -0.4 is 5.32 Å². The first-order chi connectivity index (χ1) is 10.3. The van der Waals surface area contributed by atoms with E-state index in [1.807, 2.05) is 0 Å². The Bertz CT molecular complexity index is 709. The number of rotatable bonds is 5. The predicted molar refractivity (Wildman–Crippen MR) is 68.9 cm³/mol. The van der Waals surface area contributed by atoms with Crippen LogP contribution in [-0.4, -0.2) is 26.4 Å². The van der Waals surface area contributed by atoms with Crippen LogP contribution in [0.4, 0.5) is 13.2 Å². The molecule has 118 valence electrons. The highest BCUT2D eigenvalue weighted by Crippen LogP contribution is 2.29. The second-order valence-electron chi connectivity index (χ2n) is 4.58. The number of hydrogen-bond acceptors (Lipinski definition) is 3. The molecule has 0 saturated heterocycles. The summed E-state index contributed by atoms with van der Waals surface area (Å²) in [7, 11) is 0. The lowest BCUT2D eigenvalue weighted by Gasteiger charge is -2.05. The van der Waals surface area contributed by atoms with Gasteiger partial charge in [-0.2, -0.15) is 13.2 Å². The van der Waals surface area contributed by atoms with E-state index in [4.69, 9.17) is 5.11 Å². The Morgan fingerprint density at radius 3 is 2.59 bits per heavy atom. The molecule has 0 atom stereocenters. The maximum Gasteiger partial charge on any atom is 0.417 e. The first-order valence-corrected chi connectivity index (χ1v) is 6.29. The lowest BCUT2D eigenvalue weighted by molar-refractivity contribution is -0.139. The van der Waals surface area contributed by atoms with Crippen molar-refractivity contribution in [3.63, 3.8) is 0 Å². The van der Waals surface area contributed by atoms with E-state index < -0.39 is 23.6 Å². The van der Waals surface area contributed by atoms with Crippen LogP contribution in [0.15, 0.2) is 24.5 Å². The van der Waals surface area contributed by atoms with Gasteiger partial charge in [0, 0.05) is 18.8 Å². The van der Waals surface area contributed by atoms with Gasteiger partial charge >= 0.3 is 12.1 Å². The molecule has 2 rings (SSSR count). The van der Waals surface area contributed by atoms with E-state index in [-0.39, 0.29) is 19.4 Å². The van der Waals surface area contributed by atoms with Crippen LogP contribution in [0.5, 0.6) is 0 Å². The van der Waals surface area contributed by atoms with Gasteiger partial charge in [0.05, 0.1) is 24.2 Å². The number of hydrogen-bond donors (Lipinski definition) is 2. The summed E-state index contributed by atoms with van der Waals surface area (Å²) in [5.41, 5.74) is -0.0970. The smallest absolute Gasteiger partial charge is 0.417 e. The zero-order valence-electron chi connectivity index (χ0n) is 11.2. The molecule has 1 amide bonds. The van der Waals surface area contributed by atoms with Crippen molar-refractivity contribution in [3.05, 3.63) is 35.8 Å². The zero-order valence-corrected chi connectivity index (χ0v) is 11.2. The number of nitrogens with zero attached hydrogens (tertiary/aromatic N) is 2. The van der Waals surface area contributed by atoms with E-state index >= 15 is 0 Å². The first-order valence-electron chi connectivity index (χ1n) is 6.29. The number of carbonyl (C=O) groups excluding carboxylic acids is 1. The van der Waals surface area contributed by atoms with Gasteiger partial charge in [-0.15, -0.1) is 0 Å². The third-order valence-electron chi connectivity index (χ3n) is 2.86. The standard InChI is InChI=1S/C13H12F3N3O3/c14-13(15,16)8-1-2-10-18-9(7-19(10)6-8)5-17-11(20)3-4-12(21)22/h1-2,6-7H,3-5H2,(H,17,20)(H,21,22). The van der Waals surface area contributed by atoms with Gasteiger partial charge in [0.25, 0.3) is 0 Å². The number of aliphatic carboxylic acids is 1. The molecule has 2 N–H and O–H groups in total. The summed E-state index contributed by atoms with van der Waals surface area (Å²) in [4.78, 5) is 25.8. The fraction of sp³-hybridized carbons (Fsp3) is 0.308. The van der Waals surface area contributed by atoms with Crippen molar-refractivity contribution in [1.29, 1.82) is 0 Å². The summed E-state index contributed by atoms with van der Waals surface area (Å²) < 4.78 is 39.0. The van der Waals surface area contributed by atoms with Crippen molar-refractivity contribution in [2.75, 3.05) is 0 Å². The number of carbonyl (C=O) groups is 2. The number of carboxylic acid groups (broad SMARTS) is 1. The molecule has 0 aliphatic rings. The normalized spacial score (nSPS) is 11.6. The number of nitrogens with one attached hydrogen (secondary N) is 1. The highest BCUT2D eigenvalue weighted by atomic mass is 19.4. The third-order valence-corrected chi connectivity index (χ3v) is 2.86. The molecule has 2 heterocycles. The Hall–Kier alpha value is -2.58. The Balaban J connectivity index is 2.04. The van der Waals surface area contributed by atoms with Gasteiger partial charge in [-0.25, -0.2) is 4.98 Å². The van der Waals surface area contributed by atoms with E-state index in [1.54, 1.807) is 0 Å². The molecule has 0 saturated carbocycles. The fourth-order valence-electron chi connectivity index (χ4n) is 1.80. The molecule has 0 aliphatic heterocycles. The molecular formula is C13H12F3N3O3. The van der Waals surface area contributed by atoms with Crippen molar-refractivity contribution in [3.8, 4) is 0 Å². The SMILES string of the molecule is O=C(O)CCC(=O)NCc1cn2cc(C(F)(F)F)ccc2n1. The molecule has 0 aliphatic carbocycles. The number of halogens is 3. The molecule has 0 unspecified atom stereocenters. The van der Waals surface area contributed by atoms with Crippen molar-refractivity contribution < 1.29 is 27.9 Å². The minimum absolute atomic E-state index is 0.0154. The summed E-state index contributed by atoms with van der Waals surface area (Å²) >= 11 is 0. The molecule has 0 radical (unpaired) electrons. The molecule has 6 nitrogen and oxygen atoms in total. The summed E-state index contributed by atoms with van der Waals surface area (Å²) in [6.07, 6.45) is -2.60. The van der Waals surface area contributed by atoms with Gasteiger partial charge in [0.1, 0.15) is 5.65 Å². The van der Waals surface area contributed by atoms with Gasteiger partial charge in [-0.05, 0) is 12.1 Å². The average molecular weight is 315 g/mol. The summed E-state index contributed by atoms with van der Waals surface area (Å²) in [5.74, 6) is -1.54. The van der Waals surface area contributed by atoms with Gasteiger partial charge in [0.2, 0.25) is 5.91 Å². The number of aromatic nitrogens is 2. The molecule has 2 aromatic rings. The zero-order chi connectivity index (χ0) is 16.3. The topological polar surface area (TPSA) is 83.7 Å². The van der Waals surface area contributed by atoms with Crippen molar-refractivity contribution in [2.24, 2.45) is 0 Å². The molecule has 0 fully saturated rings. The lowest BCUT2D eigenvalue weighted by Crippen LogP contribution is -2.23. The van der Waals surface area contributed by atoms with Crippen LogP contribution in [0.2, 0.25) is 0 Å². The van der Waals surface area contributed by atoms with Crippen LogP contribution >= 0.6 is 0 Å². The summed E-state index contributed by atoms with van der Waals surface area (Å²) in [5, 5.41) is 10.9. The number of pyridine rings is 1. The number of alkyl halides is 3. The average Bonchev–Trinajstić information content (AvgIpc) is 2.83. The number of amides is 1. The van der Waals surface area contributed by atoms with Gasteiger partial charge in [-0.3, -0.25) is 9.59 Å². The number of fused-ring (bicyclic) bond motifs is 1. The molecular weight excluding hydrogens is 303 g/mol. The second kappa shape index (κ2) is 6.04. The minimum Gasteiger partial charge on any atom is -0.481 e. The van der Waals surface area contributed by atoms with E-state index in [0.29, 0.717) is 11.3 Å². The van der Waals surface area contributed by atoms with Crippen molar-refractivity contribution in [2.45, 2.75) is 25.6 Å². The van der Waals surface area contributed by atoms with E-state index in [2.05, 4.69) is 10.3 Å². The Labute approximate surface area is 122 Å². The fourth-order valence-corrected chi connectivity index (χ4v) is 1.80. The van der Waals surface area contributed by atoms with Crippen molar-refractivity contribution >= 4 is 17.5 Å². The van der Waals surface area contributed by atoms with Gasteiger partial charge in [-0.1, -0.05) is 0 Å². The molecule has 9 heteroatoms. The third kappa shape index (κ3) is 3.96. The van der Waals surface area contributed by atoms with Gasteiger partial charge in [0.15, 0.2) is 0 Å². The largest absolute Gasteiger partial charge is 0.481 e. The highest BCUT2D eigenvalue weighted by Gasteiger charge is 2.30. The van der Waals surface area contributed by atoms with Crippen LogP contribution in [0.1, 0.15) is 24.1 Å². The van der Waals surface area contributed by atoms with Gasteiger partial charge < -0.3 is 14.8 Å². The summed E-state index contributed by atoms with van der Waals surface area (Å²) in [6, 6.07) is 2.16. The second-order valence-corrected chi connectivity index (χ2v) is 4.58. The molecule has 0 aromatic carbocycles. The maximum atomic E-state index is 12.6. The van der Waals surface area contributed by atoms with Crippen LogP contribution in [-0.2, 0) is 22.3 Å². The predicted octanol–water partition coefficient (Wildman–Crippen LogP) is 1.83. The number of carboxylic acids is 1. The van der Waals surface area contributed by atoms with Crippen LogP contribution in [0.25, 0.3) is 5.65 Å². The van der Waals surface area contributed by atoms with E-state index in [1.165, 1.54) is 16.7 Å². The molecule has 0 bridgehead atoms. The van der Waals surface area contributed by atoms with E-state index in [9.17, 15) is 22.8 Å². The summed E-state index contributed by atoms with van der Waals surface area (Å²) in [6.45, 7) is 0.0154.